The van der Waals surface area contributed by atoms with Crippen molar-refractivity contribution in [2.75, 3.05) is 0 Å². The molecule has 4 fully saturated rings. The van der Waals surface area contributed by atoms with Gasteiger partial charge in [0.2, 0.25) is 0 Å². The number of Topliss-reactive ketones (excluding diaryl/α,β-unsaturated/α-hetero) is 1. The molecule has 6 rings (SSSR count). The fourth-order valence-corrected chi connectivity index (χ4v) is 13.2. The molecule has 0 amide bonds. The number of aromatic carboxylic acids is 1. The van der Waals surface area contributed by atoms with Gasteiger partial charge in [-0.2, -0.15) is 0 Å². The Labute approximate surface area is 282 Å². The molecule has 0 radical (unpaired) electrons. The summed E-state index contributed by atoms with van der Waals surface area (Å²) < 4.78 is 0. The molecule has 0 spiro atoms. The summed E-state index contributed by atoms with van der Waals surface area (Å²) in [4.78, 5) is 25.8. The molecule has 0 aliphatic heterocycles. The van der Waals surface area contributed by atoms with Crippen LogP contribution in [-0.4, -0.2) is 33.2 Å². The van der Waals surface area contributed by atoms with Crippen LogP contribution in [-0.2, 0) is 4.79 Å². The van der Waals surface area contributed by atoms with Crippen molar-refractivity contribution in [3.05, 3.63) is 66.0 Å². The summed E-state index contributed by atoms with van der Waals surface area (Å²) in [5, 5.41) is 29.4. The van der Waals surface area contributed by atoms with Gasteiger partial charge in [-0.25, -0.2) is 4.79 Å². The number of carbonyl (C=O) groups excluding carboxylic acids is 1. The van der Waals surface area contributed by atoms with Crippen LogP contribution in [0.25, 0.3) is 5.57 Å². The molecule has 5 aliphatic carbocycles. The zero-order valence-electron chi connectivity index (χ0n) is 29.7. The highest BCUT2D eigenvalue weighted by molar-refractivity contribution is 5.88. The quantitative estimate of drug-likeness (QED) is 0.194. The molecule has 4 saturated carbocycles. The van der Waals surface area contributed by atoms with Gasteiger partial charge in [-0.3, -0.25) is 4.79 Å². The fraction of sp³-hybridized carbons (Fsp3) is 0.667. The molecule has 5 aliphatic rings. The number of carbonyl (C=O) groups is 2. The van der Waals surface area contributed by atoms with Crippen LogP contribution in [0.15, 0.2) is 54.8 Å². The normalized spacial score (nSPS) is 40.9. The van der Waals surface area contributed by atoms with Gasteiger partial charge in [0.1, 0.15) is 17.6 Å². The van der Waals surface area contributed by atoms with Crippen molar-refractivity contribution >= 4 is 17.3 Å². The molecule has 1 aromatic carbocycles. The van der Waals surface area contributed by atoms with Crippen LogP contribution in [0.1, 0.15) is 128 Å². The summed E-state index contributed by atoms with van der Waals surface area (Å²) in [5.74, 6) is 1.33. The average molecular weight is 643 g/mol. The zero-order chi connectivity index (χ0) is 34.3. The highest BCUT2D eigenvalue weighted by Crippen LogP contribution is 2.78. The van der Waals surface area contributed by atoms with Crippen molar-refractivity contribution in [2.45, 2.75) is 118 Å². The van der Waals surface area contributed by atoms with Gasteiger partial charge < -0.3 is 15.3 Å². The Balaban J connectivity index is 1.33. The van der Waals surface area contributed by atoms with Gasteiger partial charge in [0.15, 0.2) is 0 Å². The number of hydrogen-bond donors (Lipinski definition) is 3. The lowest BCUT2D eigenvalue weighted by molar-refractivity contribution is -0.224. The lowest BCUT2D eigenvalue weighted by Gasteiger charge is -2.72. The van der Waals surface area contributed by atoms with Crippen LogP contribution in [0.3, 0.4) is 0 Å². The Morgan fingerprint density at radius 1 is 0.872 bits per heavy atom. The van der Waals surface area contributed by atoms with Crippen molar-refractivity contribution in [3.8, 4) is 0 Å². The van der Waals surface area contributed by atoms with E-state index in [0.29, 0.717) is 29.2 Å². The molecule has 1 aromatic rings. The molecule has 3 N–H and O–H groups in total. The monoisotopic (exact) mass is 642 g/mol. The molecule has 0 heterocycles. The fourth-order valence-electron chi connectivity index (χ4n) is 13.2. The number of allylic oxidation sites excluding steroid dienone is 3. The Bertz CT molecular complexity index is 1500. The predicted molar refractivity (Wildman–Crippen MR) is 188 cm³/mol. The minimum atomic E-state index is -1.05. The van der Waals surface area contributed by atoms with E-state index in [1.54, 1.807) is 12.1 Å². The Kier molecular flexibility index (Phi) is 8.34. The Hall–Kier alpha value is -2.66. The molecule has 0 bridgehead atoms. The first-order chi connectivity index (χ1) is 21.9. The zero-order valence-corrected chi connectivity index (χ0v) is 29.7. The minimum absolute atomic E-state index is 0.0358. The van der Waals surface area contributed by atoms with E-state index in [9.17, 15) is 24.9 Å². The van der Waals surface area contributed by atoms with E-state index in [4.69, 9.17) is 0 Å². The molecule has 5 nitrogen and oxygen atoms in total. The first-order valence-electron chi connectivity index (χ1n) is 18.2. The van der Waals surface area contributed by atoms with Crippen molar-refractivity contribution < 1.29 is 24.9 Å². The largest absolute Gasteiger partial charge is 0.510 e. The summed E-state index contributed by atoms with van der Waals surface area (Å²) in [6, 6.07) is 7.47. The van der Waals surface area contributed by atoms with Gasteiger partial charge in [-0.15, -0.1) is 0 Å². The third-order valence-electron chi connectivity index (χ3n) is 15.7. The van der Waals surface area contributed by atoms with E-state index in [0.717, 1.165) is 44.1 Å². The lowest BCUT2D eigenvalue weighted by atomic mass is 9.32. The Morgan fingerprint density at radius 2 is 1.55 bits per heavy atom. The van der Waals surface area contributed by atoms with Crippen molar-refractivity contribution in [1.82, 2.24) is 0 Å². The maximum Gasteiger partial charge on any atom is 0.335 e. The topological polar surface area (TPSA) is 94.8 Å². The van der Waals surface area contributed by atoms with Crippen LogP contribution < -0.4 is 0 Å². The van der Waals surface area contributed by atoms with Crippen LogP contribution >= 0.6 is 0 Å². The molecule has 0 saturated heterocycles. The predicted octanol–water partition coefficient (Wildman–Crippen LogP) is 9.82. The van der Waals surface area contributed by atoms with Gasteiger partial charge in [-0.05, 0) is 146 Å². The standard InChI is InChI=1S/C42H58O5/c1-25(2)29-17-22-42(35(45)16-14-32(44)26(3)43)24-23-40(7)31(36(29)42)13-15-34-39(6)20-18-30(27-9-11-28(12-10-27)37(46)47)38(4,5)33(39)19-21-41(34,40)8/h9-12,18,29,31-34,36,43-44H,1,3,13-17,19-24H2,2,4-8H3,(H,46,47)/t29-,31+,32?,33-,34+,36+,39-,40+,41+,42+/m0/s1. The lowest BCUT2D eigenvalue weighted by Crippen LogP contribution is -2.65. The van der Waals surface area contributed by atoms with Gasteiger partial charge >= 0.3 is 5.97 Å². The smallest absolute Gasteiger partial charge is 0.335 e. The van der Waals surface area contributed by atoms with Crippen LogP contribution in [0.4, 0.5) is 0 Å². The number of rotatable bonds is 8. The molecule has 10 atom stereocenters. The molecule has 0 aromatic heterocycles. The first-order valence-corrected chi connectivity index (χ1v) is 18.2. The first kappa shape index (κ1) is 34.2. The highest BCUT2D eigenvalue weighted by Gasteiger charge is 2.71. The van der Waals surface area contributed by atoms with E-state index in [-0.39, 0.29) is 57.4 Å². The number of carboxylic acid groups (broad SMARTS) is 1. The SMILES string of the molecule is C=C(O)C(O)CCC(=O)[C@]12CC[C@@H](C(=C)C)[C@@H]1[C@H]1CC[C@@H]3[C@@]4(C)CC=C(c5ccc(C(=O)O)cc5)C(C)(C)[C@@H]4CC[C@@]3(C)[C@]1(C)CC2. The molecular weight excluding hydrogens is 584 g/mol. The number of carboxylic acids is 1. The molecule has 256 valence electrons. The molecule has 47 heavy (non-hydrogen) atoms. The highest BCUT2D eigenvalue weighted by atomic mass is 16.4. The third kappa shape index (κ3) is 4.87. The van der Waals surface area contributed by atoms with Gasteiger partial charge in [0, 0.05) is 11.8 Å². The molecule has 1 unspecified atom stereocenters. The second kappa shape index (κ2) is 11.5. The Morgan fingerprint density at radius 3 is 2.17 bits per heavy atom. The number of fused-ring (bicyclic) bond motifs is 7. The number of benzene rings is 1. The summed E-state index contributed by atoms with van der Waals surface area (Å²) in [6.45, 7) is 22.7. The van der Waals surface area contributed by atoms with Crippen molar-refractivity contribution in [3.63, 3.8) is 0 Å². The van der Waals surface area contributed by atoms with Crippen LogP contribution in [0, 0.1) is 56.7 Å². The van der Waals surface area contributed by atoms with E-state index in [1.807, 2.05) is 12.1 Å². The number of ketones is 1. The van der Waals surface area contributed by atoms with Gasteiger partial charge in [-0.1, -0.05) is 71.6 Å². The van der Waals surface area contributed by atoms with Crippen molar-refractivity contribution in [1.29, 1.82) is 0 Å². The van der Waals surface area contributed by atoms with Gasteiger partial charge in [0.25, 0.3) is 0 Å². The summed E-state index contributed by atoms with van der Waals surface area (Å²) in [6.07, 6.45) is 11.6. The third-order valence-corrected chi connectivity index (χ3v) is 15.7. The number of hydrogen-bond acceptors (Lipinski definition) is 4. The van der Waals surface area contributed by atoms with Crippen LogP contribution in [0.2, 0.25) is 0 Å². The second-order valence-electron chi connectivity index (χ2n) is 17.7. The van der Waals surface area contributed by atoms with E-state index >= 15 is 0 Å². The summed E-state index contributed by atoms with van der Waals surface area (Å²) in [7, 11) is 0. The van der Waals surface area contributed by atoms with Crippen molar-refractivity contribution in [2.24, 2.45) is 56.7 Å². The van der Waals surface area contributed by atoms with E-state index in [2.05, 4.69) is 60.8 Å². The number of aliphatic hydroxyl groups is 2. The van der Waals surface area contributed by atoms with Crippen LogP contribution in [0.5, 0.6) is 0 Å². The second-order valence-corrected chi connectivity index (χ2v) is 17.7. The summed E-state index contributed by atoms with van der Waals surface area (Å²) in [5.41, 5.74) is 4.07. The average Bonchev–Trinajstić information content (AvgIpc) is 3.41. The van der Waals surface area contributed by atoms with Gasteiger partial charge in [0.05, 0.1) is 5.56 Å². The number of aliphatic hydroxyl groups excluding tert-OH is 2. The molecule has 5 heteroatoms. The summed E-state index contributed by atoms with van der Waals surface area (Å²) >= 11 is 0. The maximum absolute atomic E-state index is 14.3. The van der Waals surface area contributed by atoms with E-state index < -0.39 is 12.1 Å². The van der Waals surface area contributed by atoms with E-state index in [1.165, 1.54) is 30.4 Å². The molecular formula is C42H58O5. The maximum atomic E-state index is 14.3. The minimum Gasteiger partial charge on any atom is -0.510 e.